The summed E-state index contributed by atoms with van der Waals surface area (Å²) in [7, 11) is 0. The molecular formula is C10H11NO. The number of Topliss-reactive ketones (excluding diaryl/α,β-unsaturated/α-hetero) is 1. The molecule has 1 aromatic heterocycles. The van der Waals surface area contributed by atoms with E-state index in [4.69, 9.17) is 0 Å². The number of ketones is 1. The third kappa shape index (κ3) is 1.78. The van der Waals surface area contributed by atoms with E-state index >= 15 is 0 Å². The Labute approximate surface area is 71.9 Å². The smallest absolute Gasteiger partial charge is 0.142 e. The minimum Gasteiger partial charge on any atom is -0.299 e. The highest BCUT2D eigenvalue weighted by Gasteiger charge is 2.12. The fourth-order valence-electron chi connectivity index (χ4n) is 1.05. The number of pyridine rings is 1. The van der Waals surface area contributed by atoms with Gasteiger partial charge in [0.2, 0.25) is 0 Å². The summed E-state index contributed by atoms with van der Waals surface area (Å²) >= 11 is 0. The van der Waals surface area contributed by atoms with Gasteiger partial charge in [0.15, 0.2) is 0 Å². The molecule has 0 N–H and O–H groups in total. The van der Waals surface area contributed by atoms with Crippen molar-refractivity contribution in [3.05, 3.63) is 42.7 Å². The molecule has 1 rings (SSSR count). The van der Waals surface area contributed by atoms with E-state index in [2.05, 4.69) is 11.6 Å². The molecule has 0 amide bonds. The average molecular weight is 161 g/mol. The van der Waals surface area contributed by atoms with Crippen LogP contribution in [0.15, 0.2) is 37.1 Å². The van der Waals surface area contributed by atoms with Crippen molar-refractivity contribution in [3.63, 3.8) is 0 Å². The SMILES string of the molecule is C=CC(C(C)=O)c1ccccn1. The molecule has 1 heterocycles. The fourth-order valence-corrected chi connectivity index (χ4v) is 1.05. The number of carbonyl (C=O) groups excluding carboxylic acids is 1. The first-order chi connectivity index (χ1) is 5.75. The van der Waals surface area contributed by atoms with E-state index in [1.807, 2.05) is 18.2 Å². The third-order valence-corrected chi connectivity index (χ3v) is 1.68. The molecule has 0 spiro atoms. The second-order valence-corrected chi connectivity index (χ2v) is 2.58. The topological polar surface area (TPSA) is 30.0 Å². The minimum absolute atomic E-state index is 0.0729. The van der Waals surface area contributed by atoms with E-state index < -0.39 is 0 Å². The fraction of sp³-hybridized carbons (Fsp3) is 0.200. The van der Waals surface area contributed by atoms with Crippen molar-refractivity contribution in [2.45, 2.75) is 12.8 Å². The van der Waals surface area contributed by atoms with Gasteiger partial charge in [-0.25, -0.2) is 0 Å². The Bertz CT molecular complexity index is 279. The summed E-state index contributed by atoms with van der Waals surface area (Å²) in [6.45, 7) is 5.14. The molecule has 62 valence electrons. The predicted molar refractivity (Wildman–Crippen MR) is 47.9 cm³/mol. The summed E-state index contributed by atoms with van der Waals surface area (Å²) in [5.41, 5.74) is 0.764. The number of hydrogen-bond donors (Lipinski definition) is 0. The first-order valence-corrected chi connectivity index (χ1v) is 3.79. The molecule has 0 aliphatic rings. The number of hydrogen-bond acceptors (Lipinski definition) is 2. The van der Waals surface area contributed by atoms with Crippen LogP contribution >= 0.6 is 0 Å². The van der Waals surface area contributed by atoms with Crippen molar-refractivity contribution < 1.29 is 4.79 Å². The maximum absolute atomic E-state index is 11.1. The zero-order valence-electron chi connectivity index (χ0n) is 7.03. The van der Waals surface area contributed by atoms with Gasteiger partial charge in [-0.15, -0.1) is 6.58 Å². The number of carbonyl (C=O) groups is 1. The summed E-state index contributed by atoms with van der Waals surface area (Å²) in [4.78, 5) is 15.1. The molecule has 2 heteroatoms. The van der Waals surface area contributed by atoms with Gasteiger partial charge in [0.1, 0.15) is 5.78 Å². The highest BCUT2D eigenvalue weighted by molar-refractivity contribution is 5.84. The van der Waals surface area contributed by atoms with Gasteiger partial charge < -0.3 is 0 Å². The number of rotatable bonds is 3. The van der Waals surface area contributed by atoms with Crippen molar-refractivity contribution in [2.75, 3.05) is 0 Å². The molecule has 0 saturated carbocycles. The zero-order chi connectivity index (χ0) is 8.97. The van der Waals surface area contributed by atoms with Crippen molar-refractivity contribution in [1.29, 1.82) is 0 Å². The summed E-state index contributed by atoms with van der Waals surface area (Å²) in [6, 6.07) is 5.51. The maximum atomic E-state index is 11.1. The number of nitrogens with zero attached hydrogens (tertiary/aromatic N) is 1. The molecular weight excluding hydrogens is 150 g/mol. The van der Waals surface area contributed by atoms with Gasteiger partial charge >= 0.3 is 0 Å². The van der Waals surface area contributed by atoms with Crippen LogP contribution < -0.4 is 0 Å². The first kappa shape index (κ1) is 8.65. The van der Waals surface area contributed by atoms with Crippen LogP contribution in [0, 0.1) is 0 Å². The first-order valence-electron chi connectivity index (χ1n) is 3.79. The molecule has 1 aromatic rings. The van der Waals surface area contributed by atoms with E-state index in [-0.39, 0.29) is 11.7 Å². The summed E-state index contributed by atoms with van der Waals surface area (Å²) in [5.74, 6) is -0.185. The molecule has 0 saturated heterocycles. The van der Waals surface area contributed by atoms with Crippen LogP contribution in [0.4, 0.5) is 0 Å². The molecule has 0 radical (unpaired) electrons. The third-order valence-electron chi connectivity index (χ3n) is 1.68. The highest BCUT2D eigenvalue weighted by Crippen LogP contribution is 2.14. The maximum Gasteiger partial charge on any atom is 0.142 e. The van der Waals surface area contributed by atoms with Gasteiger partial charge in [0.25, 0.3) is 0 Å². The lowest BCUT2D eigenvalue weighted by Gasteiger charge is -2.06. The largest absolute Gasteiger partial charge is 0.299 e. The van der Waals surface area contributed by atoms with Crippen molar-refractivity contribution in [2.24, 2.45) is 0 Å². The van der Waals surface area contributed by atoms with Crippen LogP contribution in [0.2, 0.25) is 0 Å². The zero-order valence-corrected chi connectivity index (χ0v) is 7.03. The van der Waals surface area contributed by atoms with Crippen LogP contribution in [0.25, 0.3) is 0 Å². The Morgan fingerprint density at radius 1 is 1.67 bits per heavy atom. The summed E-state index contributed by atoms with van der Waals surface area (Å²) in [6.07, 6.45) is 3.29. The molecule has 1 unspecified atom stereocenters. The van der Waals surface area contributed by atoms with Crippen molar-refractivity contribution in [3.8, 4) is 0 Å². The second kappa shape index (κ2) is 3.81. The molecule has 0 aliphatic carbocycles. The Hall–Kier alpha value is -1.44. The van der Waals surface area contributed by atoms with E-state index in [1.165, 1.54) is 0 Å². The van der Waals surface area contributed by atoms with Crippen LogP contribution in [0.5, 0.6) is 0 Å². The van der Waals surface area contributed by atoms with Crippen LogP contribution in [-0.4, -0.2) is 10.8 Å². The molecule has 0 fully saturated rings. The molecule has 1 atom stereocenters. The van der Waals surface area contributed by atoms with E-state index in [0.29, 0.717) is 0 Å². The van der Waals surface area contributed by atoms with E-state index in [1.54, 1.807) is 19.2 Å². The van der Waals surface area contributed by atoms with Gasteiger partial charge in [-0.1, -0.05) is 12.1 Å². The summed E-state index contributed by atoms with van der Waals surface area (Å²) in [5, 5.41) is 0. The number of aromatic nitrogens is 1. The van der Waals surface area contributed by atoms with Crippen LogP contribution in [-0.2, 0) is 4.79 Å². The Morgan fingerprint density at radius 2 is 2.42 bits per heavy atom. The van der Waals surface area contributed by atoms with Gasteiger partial charge in [0, 0.05) is 6.20 Å². The lowest BCUT2D eigenvalue weighted by Crippen LogP contribution is -2.06. The highest BCUT2D eigenvalue weighted by atomic mass is 16.1. The molecule has 0 bridgehead atoms. The lowest BCUT2D eigenvalue weighted by molar-refractivity contribution is -0.117. The van der Waals surface area contributed by atoms with E-state index in [0.717, 1.165) is 5.69 Å². The van der Waals surface area contributed by atoms with Gasteiger partial charge in [-0.05, 0) is 19.1 Å². The van der Waals surface area contributed by atoms with Crippen molar-refractivity contribution >= 4 is 5.78 Å². The molecule has 0 aliphatic heterocycles. The van der Waals surface area contributed by atoms with E-state index in [9.17, 15) is 4.79 Å². The van der Waals surface area contributed by atoms with Crippen molar-refractivity contribution in [1.82, 2.24) is 4.98 Å². The van der Waals surface area contributed by atoms with Gasteiger partial charge in [-0.3, -0.25) is 9.78 Å². The molecule has 12 heavy (non-hydrogen) atoms. The lowest BCUT2D eigenvalue weighted by atomic mass is 10.0. The van der Waals surface area contributed by atoms with Gasteiger partial charge in [-0.2, -0.15) is 0 Å². The van der Waals surface area contributed by atoms with Gasteiger partial charge in [0.05, 0.1) is 11.6 Å². The Balaban J connectivity index is 2.95. The monoisotopic (exact) mass is 161 g/mol. The summed E-state index contributed by atoms with van der Waals surface area (Å²) < 4.78 is 0. The second-order valence-electron chi connectivity index (χ2n) is 2.58. The number of allylic oxidation sites excluding steroid dienone is 1. The minimum atomic E-state index is -0.258. The van der Waals surface area contributed by atoms with Crippen LogP contribution in [0.3, 0.4) is 0 Å². The Kier molecular flexibility index (Phi) is 2.75. The quantitative estimate of drug-likeness (QED) is 0.634. The van der Waals surface area contributed by atoms with Crippen LogP contribution in [0.1, 0.15) is 18.5 Å². The Morgan fingerprint density at radius 3 is 2.83 bits per heavy atom. The standard InChI is InChI=1S/C10H11NO/c1-3-9(8(2)12)10-6-4-5-7-11-10/h3-7,9H,1H2,2H3. The predicted octanol–water partition coefficient (Wildman–Crippen LogP) is 1.94. The average Bonchev–Trinajstić information content (AvgIpc) is 2.07. The molecule has 0 aromatic carbocycles. The normalized spacial score (nSPS) is 12.1. The molecule has 2 nitrogen and oxygen atoms in total.